The number of ether oxygens (including phenoxy) is 1. The Labute approximate surface area is 193 Å². The quantitative estimate of drug-likeness (QED) is 0.536. The third kappa shape index (κ3) is 6.36. The first-order valence-corrected chi connectivity index (χ1v) is 13.3. The summed E-state index contributed by atoms with van der Waals surface area (Å²) in [5.41, 5.74) is 0.595. The van der Waals surface area contributed by atoms with E-state index in [1.165, 1.54) is 27.9 Å². The standard InChI is InChI=1S/C23H38N4O4S/c1-3-27(21-10-12-22(31-2)13-11-21)32(29,30)26-18-7-9-20(19-26)23(28)24-14-8-17-25-15-5-4-6-16-25/h10-13,20H,3-9,14-19H2,1-2H3,(H,24,28). The van der Waals surface area contributed by atoms with Crippen LogP contribution in [0, 0.1) is 5.92 Å². The summed E-state index contributed by atoms with van der Waals surface area (Å²) >= 11 is 0. The predicted molar refractivity (Wildman–Crippen MR) is 127 cm³/mol. The lowest BCUT2D eigenvalue weighted by molar-refractivity contribution is -0.126. The molecule has 32 heavy (non-hydrogen) atoms. The van der Waals surface area contributed by atoms with E-state index in [0.717, 1.165) is 32.5 Å². The highest BCUT2D eigenvalue weighted by Crippen LogP contribution is 2.26. The number of anilines is 1. The smallest absolute Gasteiger partial charge is 0.304 e. The van der Waals surface area contributed by atoms with Gasteiger partial charge in [0.25, 0.3) is 0 Å². The van der Waals surface area contributed by atoms with Crippen molar-refractivity contribution in [2.45, 2.75) is 45.4 Å². The van der Waals surface area contributed by atoms with Crippen LogP contribution in [0.1, 0.15) is 45.4 Å². The number of carbonyl (C=O) groups excluding carboxylic acids is 1. The fraction of sp³-hybridized carbons (Fsp3) is 0.696. The number of hydrogen-bond acceptors (Lipinski definition) is 5. The average Bonchev–Trinajstić information content (AvgIpc) is 2.83. The number of likely N-dealkylation sites (tertiary alicyclic amines) is 1. The lowest BCUT2D eigenvalue weighted by Gasteiger charge is -2.35. The lowest BCUT2D eigenvalue weighted by atomic mass is 9.99. The van der Waals surface area contributed by atoms with E-state index < -0.39 is 10.2 Å². The van der Waals surface area contributed by atoms with Crippen LogP contribution in [0.15, 0.2) is 24.3 Å². The Balaban J connectivity index is 1.53. The van der Waals surface area contributed by atoms with Gasteiger partial charge in [-0.05, 0) is 82.9 Å². The molecule has 1 aromatic rings. The van der Waals surface area contributed by atoms with Crippen LogP contribution >= 0.6 is 0 Å². The van der Waals surface area contributed by atoms with Crippen LogP contribution in [0.3, 0.4) is 0 Å². The van der Waals surface area contributed by atoms with Crippen molar-refractivity contribution in [3.05, 3.63) is 24.3 Å². The Bertz CT molecular complexity index is 825. The maximum atomic E-state index is 13.4. The highest BCUT2D eigenvalue weighted by Gasteiger charge is 2.35. The number of carbonyl (C=O) groups is 1. The van der Waals surface area contributed by atoms with Crippen molar-refractivity contribution in [3.8, 4) is 5.75 Å². The zero-order valence-electron chi connectivity index (χ0n) is 19.5. The van der Waals surface area contributed by atoms with Crippen LogP contribution in [-0.4, -0.2) is 76.5 Å². The first kappa shape index (κ1) is 24.8. The Morgan fingerprint density at radius 3 is 2.50 bits per heavy atom. The Hall–Kier alpha value is -1.84. The van der Waals surface area contributed by atoms with E-state index in [4.69, 9.17) is 4.74 Å². The molecule has 0 aliphatic carbocycles. The molecule has 180 valence electrons. The number of nitrogens with zero attached hydrogens (tertiary/aromatic N) is 3. The molecule has 1 unspecified atom stereocenters. The third-order valence-electron chi connectivity index (χ3n) is 6.41. The van der Waals surface area contributed by atoms with Gasteiger partial charge in [0.1, 0.15) is 5.75 Å². The molecule has 9 heteroatoms. The SMILES string of the molecule is CCN(c1ccc(OC)cc1)S(=O)(=O)N1CCCC(C(=O)NCCCN2CCCCC2)C1. The predicted octanol–water partition coefficient (Wildman–Crippen LogP) is 2.47. The van der Waals surface area contributed by atoms with Crippen LogP contribution in [0.5, 0.6) is 5.75 Å². The molecule has 1 aromatic carbocycles. The molecule has 0 radical (unpaired) electrons. The van der Waals surface area contributed by atoms with Crippen LogP contribution in [0.4, 0.5) is 5.69 Å². The van der Waals surface area contributed by atoms with Crippen molar-refractivity contribution >= 4 is 21.8 Å². The summed E-state index contributed by atoms with van der Waals surface area (Å²) < 4.78 is 34.7. The fourth-order valence-corrected chi connectivity index (χ4v) is 6.30. The summed E-state index contributed by atoms with van der Waals surface area (Å²) in [4.78, 5) is 15.2. The topological polar surface area (TPSA) is 82.2 Å². The van der Waals surface area contributed by atoms with Crippen molar-refractivity contribution in [1.82, 2.24) is 14.5 Å². The first-order chi connectivity index (χ1) is 15.5. The van der Waals surface area contributed by atoms with E-state index in [1.54, 1.807) is 31.4 Å². The maximum absolute atomic E-state index is 13.4. The summed E-state index contributed by atoms with van der Waals surface area (Å²) in [5.74, 6) is 0.344. The summed E-state index contributed by atoms with van der Waals surface area (Å²) in [6.45, 7) is 6.78. The van der Waals surface area contributed by atoms with Crippen molar-refractivity contribution < 1.29 is 17.9 Å². The van der Waals surface area contributed by atoms with Crippen LogP contribution in [0.2, 0.25) is 0 Å². The summed E-state index contributed by atoms with van der Waals surface area (Å²) in [5, 5.41) is 3.04. The van der Waals surface area contributed by atoms with E-state index >= 15 is 0 Å². The molecular formula is C23H38N4O4S. The normalized spacial score (nSPS) is 20.6. The molecule has 3 rings (SSSR count). The third-order valence-corrected chi connectivity index (χ3v) is 8.42. The van der Waals surface area contributed by atoms with Crippen molar-refractivity contribution in [2.75, 3.05) is 57.2 Å². The van der Waals surface area contributed by atoms with Gasteiger partial charge < -0.3 is 15.0 Å². The highest BCUT2D eigenvalue weighted by atomic mass is 32.2. The second-order valence-electron chi connectivity index (χ2n) is 8.61. The number of piperidine rings is 2. The van der Waals surface area contributed by atoms with Gasteiger partial charge in [-0.3, -0.25) is 9.10 Å². The van der Waals surface area contributed by atoms with Crippen LogP contribution in [-0.2, 0) is 15.0 Å². The molecule has 2 aliphatic heterocycles. The zero-order valence-corrected chi connectivity index (χ0v) is 20.3. The van der Waals surface area contributed by atoms with Gasteiger partial charge >= 0.3 is 10.2 Å². The van der Waals surface area contributed by atoms with E-state index in [-0.39, 0.29) is 18.4 Å². The van der Waals surface area contributed by atoms with Crippen molar-refractivity contribution in [1.29, 1.82) is 0 Å². The Morgan fingerprint density at radius 1 is 1.12 bits per heavy atom. The molecule has 8 nitrogen and oxygen atoms in total. The van der Waals surface area contributed by atoms with E-state index in [1.807, 2.05) is 6.92 Å². The molecule has 2 aliphatic rings. The molecule has 2 heterocycles. The van der Waals surface area contributed by atoms with Gasteiger partial charge in [-0.25, -0.2) is 0 Å². The monoisotopic (exact) mass is 466 g/mol. The lowest BCUT2D eigenvalue weighted by Crippen LogP contribution is -2.50. The molecule has 0 spiro atoms. The molecule has 0 bridgehead atoms. The van der Waals surface area contributed by atoms with E-state index in [9.17, 15) is 13.2 Å². The Kier molecular flexibility index (Phi) is 9.19. The van der Waals surface area contributed by atoms with Crippen LogP contribution < -0.4 is 14.4 Å². The molecule has 1 N–H and O–H groups in total. The minimum absolute atomic E-state index is 0.0314. The number of hydrogen-bond donors (Lipinski definition) is 1. The molecule has 1 amide bonds. The average molecular weight is 467 g/mol. The fourth-order valence-electron chi connectivity index (χ4n) is 4.57. The molecule has 1 atom stereocenters. The van der Waals surface area contributed by atoms with Gasteiger partial charge in [-0.15, -0.1) is 0 Å². The van der Waals surface area contributed by atoms with E-state index in [0.29, 0.717) is 37.5 Å². The van der Waals surface area contributed by atoms with Gasteiger partial charge in [0.2, 0.25) is 5.91 Å². The first-order valence-electron chi connectivity index (χ1n) is 11.9. The molecular weight excluding hydrogens is 428 g/mol. The number of amides is 1. The van der Waals surface area contributed by atoms with Gasteiger partial charge in [0, 0.05) is 26.2 Å². The summed E-state index contributed by atoms with van der Waals surface area (Å²) in [6, 6.07) is 7.00. The molecule has 2 fully saturated rings. The number of benzene rings is 1. The van der Waals surface area contributed by atoms with Crippen molar-refractivity contribution in [3.63, 3.8) is 0 Å². The minimum Gasteiger partial charge on any atom is -0.497 e. The summed E-state index contributed by atoms with van der Waals surface area (Å²) in [7, 11) is -2.13. The minimum atomic E-state index is -3.71. The maximum Gasteiger partial charge on any atom is 0.304 e. The summed E-state index contributed by atoms with van der Waals surface area (Å²) in [6.07, 6.45) is 6.20. The molecule has 2 saturated heterocycles. The second-order valence-corrected chi connectivity index (χ2v) is 10.5. The van der Waals surface area contributed by atoms with Gasteiger partial charge in [0.15, 0.2) is 0 Å². The highest BCUT2D eigenvalue weighted by molar-refractivity contribution is 7.90. The number of nitrogens with one attached hydrogen (secondary N) is 1. The second kappa shape index (κ2) is 11.9. The molecule has 0 aromatic heterocycles. The zero-order chi connectivity index (χ0) is 23.0. The van der Waals surface area contributed by atoms with Gasteiger partial charge in [0.05, 0.1) is 18.7 Å². The van der Waals surface area contributed by atoms with E-state index in [2.05, 4.69) is 10.2 Å². The number of methoxy groups -OCH3 is 1. The molecule has 0 saturated carbocycles. The van der Waals surface area contributed by atoms with Crippen LogP contribution in [0.25, 0.3) is 0 Å². The van der Waals surface area contributed by atoms with Gasteiger partial charge in [-0.1, -0.05) is 6.42 Å². The largest absolute Gasteiger partial charge is 0.497 e. The Morgan fingerprint density at radius 2 is 1.84 bits per heavy atom. The van der Waals surface area contributed by atoms with Gasteiger partial charge in [-0.2, -0.15) is 12.7 Å². The van der Waals surface area contributed by atoms with Crippen molar-refractivity contribution in [2.24, 2.45) is 5.92 Å². The number of rotatable bonds is 10.